The number of fused-ring (bicyclic) bond motifs is 6. The molecule has 2 aliphatic rings. The van der Waals surface area contributed by atoms with Crippen LogP contribution in [0.5, 0.6) is 0 Å². The quantitative estimate of drug-likeness (QED) is 0.191. The molecular formula is C38H30ClFN2O2S. The smallest absolute Gasteiger partial charge is 0.260 e. The van der Waals surface area contributed by atoms with Crippen molar-refractivity contribution in [2.24, 2.45) is 0 Å². The molecule has 2 aliphatic carbocycles. The van der Waals surface area contributed by atoms with Crippen LogP contribution in [0.25, 0.3) is 33.7 Å². The highest BCUT2D eigenvalue weighted by atomic mass is 35.5. The molecule has 0 unspecified atom stereocenters. The molecule has 0 aliphatic heterocycles. The van der Waals surface area contributed by atoms with Gasteiger partial charge in [-0.25, -0.2) is 16.8 Å². The Labute approximate surface area is 268 Å². The molecule has 45 heavy (non-hydrogen) atoms. The van der Waals surface area contributed by atoms with E-state index < -0.39 is 15.8 Å². The van der Waals surface area contributed by atoms with Crippen molar-refractivity contribution >= 4 is 45.0 Å². The molecule has 0 radical (unpaired) electrons. The highest BCUT2D eigenvalue weighted by Crippen LogP contribution is 2.41. The number of hydrogen-bond acceptors (Lipinski definition) is 3. The van der Waals surface area contributed by atoms with Gasteiger partial charge in [0.15, 0.2) is 0 Å². The molecule has 224 valence electrons. The Balaban J connectivity index is 0.00000325. The standard InChI is InChI=1S/C38H29FN2O2S.ClH/c39-29-16-19-38-36(23-29)28(24-41(38)44(42,43)30-8-2-1-3-9-30)22-37-32(11-6-20-40-37)27-13-12-26-15-17-33-31-10-5-4-7-25(31)14-18-34(33)35(26)21-27;/h1-11,15-17,19-21,23-24H,12-14,18,22H2;1H. The monoisotopic (exact) mass is 632 g/mol. The number of pyridine rings is 1. The molecule has 0 bridgehead atoms. The summed E-state index contributed by atoms with van der Waals surface area (Å²) in [5.41, 5.74) is 12.4. The van der Waals surface area contributed by atoms with E-state index in [-0.39, 0.29) is 17.3 Å². The SMILES string of the molecule is Cl.O=S(=O)(c1ccccc1)n1cc(Cc2ncccc2C2=Cc3c(ccc4c3CCc3ccccc3-4)CC2)c2cc(F)ccc21. The first-order valence-corrected chi connectivity index (χ1v) is 16.4. The Morgan fingerprint density at radius 1 is 0.756 bits per heavy atom. The summed E-state index contributed by atoms with van der Waals surface area (Å²) in [7, 11) is -3.88. The zero-order valence-corrected chi connectivity index (χ0v) is 26.0. The normalized spacial score (nSPS) is 13.8. The second-order valence-corrected chi connectivity index (χ2v) is 13.4. The minimum atomic E-state index is -3.88. The minimum absolute atomic E-state index is 0. The maximum absolute atomic E-state index is 14.5. The lowest BCUT2D eigenvalue weighted by Gasteiger charge is -2.26. The lowest BCUT2D eigenvalue weighted by atomic mass is 9.78. The molecule has 0 fully saturated rings. The number of aromatic nitrogens is 2. The van der Waals surface area contributed by atoms with Crippen LogP contribution in [0.1, 0.15) is 45.5 Å². The maximum Gasteiger partial charge on any atom is 0.268 e. The maximum atomic E-state index is 14.5. The summed E-state index contributed by atoms with van der Waals surface area (Å²) in [5, 5.41) is 0.566. The number of allylic oxidation sites excluding steroid dienone is 1. The van der Waals surface area contributed by atoms with Gasteiger partial charge in [0, 0.05) is 24.2 Å². The van der Waals surface area contributed by atoms with Crippen LogP contribution < -0.4 is 0 Å². The highest BCUT2D eigenvalue weighted by Gasteiger charge is 2.25. The molecule has 0 spiro atoms. The van der Waals surface area contributed by atoms with Crippen molar-refractivity contribution in [2.45, 2.75) is 37.0 Å². The van der Waals surface area contributed by atoms with Gasteiger partial charge in [-0.05, 0) is 112 Å². The van der Waals surface area contributed by atoms with Crippen molar-refractivity contribution in [2.75, 3.05) is 0 Å². The predicted octanol–water partition coefficient (Wildman–Crippen LogP) is 8.68. The van der Waals surface area contributed by atoms with E-state index in [1.54, 1.807) is 42.7 Å². The van der Waals surface area contributed by atoms with Crippen LogP contribution in [-0.2, 0) is 35.7 Å². The summed E-state index contributed by atoms with van der Waals surface area (Å²) in [5.74, 6) is -0.409. The Morgan fingerprint density at radius 3 is 2.40 bits per heavy atom. The van der Waals surface area contributed by atoms with Crippen LogP contribution in [0.2, 0.25) is 0 Å². The molecule has 0 atom stereocenters. The van der Waals surface area contributed by atoms with Crippen LogP contribution in [0.3, 0.4) is 0 Å². The molecule has 0 saturated heterocycles. The summed E-state index contributed by atoms with van der Waals surface area (Å²) in [6, 6.07) is 29.9. The third-order valence-corrected chi connectivity index (χ3v) is 10.8. The predicted molar refractivity (Wildman–Crippen MR) is 181 cm³/mol. The lowest BCUT2D eigenvalue weighted by Crippen LogP contribution is -2.11. The number of hydrogen-bond donors (Lipinski definition) is 0. The van der Waals surface area contributed by atoms with Crippen molar-refractivity contribution in [1.82, 2.24) is 8.96 Å². The molecule has 0 N–H and O–H groups in total. The summed E-state index contributed by atoms with van der Waals surface area (Å²) >= 11 is 0. The van der Waals surface area contributed by atoms with Gasteiger partial charge in [0.1, 0.15) is 5.82 Å². The van der Waals surface area contributed by atoms with Gasteiger partial charge < -0.3 is 0 Å². The van der Waals surface area contributed by atoms with Crippen molar-refractivity contribution < 1.29 is 12.8 Å². The van der Waals surface area contributed by atoms with E-state index in [2.05, 4.69) is 48.5 Å². The van der Waals surface area contributed by atoms with Gasteiger partial charge in [-0.15, -0.1) is 12.4 Å². The van der Waals surface area contributed by atoms with Gasteiger partial charge in [-0.1, -0.05) is 66.7 Å². The summed E-state index contributed by atoms with van der Waals surface area (Å²) in [6.45, 7) is 0. The third kappa shape index (κ3) is 4.98. The van der Waals surface area contributed by atoms with Crippen molar-refractivity contribution in [3.05, 3.63) is 154 Å². The van der Waals surface area contributed by atoms with Gasteiger partial charge in [0.05, 0.1) is 16.1 Å². The number of aryl methyl sites for hydroxylation is 2. The van der Waals surface area contributed by atoms with Gasteiger partial charge in [0.2, 0.25) is 0 Å². The van der Waals surface area contributed by atoms with Crippen LogP contribution in [0.4, 0.5) is 4.39 Å². The van der Waals surface area contributed by atoms with Crippen molar-refractivity contribution in [3.8, 4) is 11.1 Å². The van der Waals surface area contributed by atoms with Gasteiger partial charge >= 0.3 is 0 Å². The van der Waals surface area contributed by atoms with Crippen LogP contribution in [0, 0.1) is 5.82 Å². The zero-order chi connectivity index (χ0) is 29.8. The average Bonchev–Trinajstić information content (AvgIpc) is 3.42. The van der Waals surface area contributed by atoms with Gasteiger partial charge in [-0.3, -0.25) is 4.98 Å². The Hall–Kier alpha value is -4.52. The Morgan fingerprint density at radius 2 is 1.53 bits per heavy atom. The van der Waals surface area contributed by atoms with Crippen LogP contribution >= 0.6 is 12.4 Å². The minimum Gasteiger partial charge on any atom is -0.260 e. The van der Waals surface area contributed by atoms with Gasteiger partial charge in [-0.2, -0.15) is 0 Å². The van der Waals surface area contributed by atoms with E-state index in [9.17, 15) is 12.8 Å². The largest absolute Gasteiger partial charge is 0.268 e. The van der Waals surface area contributed by atoms with Crippen LogP contribution in [-0.4, -0.2) is 17.4 Å². The molecule has 2 aromatic heterocycles. The molecule has 2 heterocycles. The van der Waals surface area contributed by atoms with Gasteiger partial charge in [0.25, 0.3) is 10.0 Å². The zero-order valence-electron chi connectivity index (χ0n) is 24.4. The molecule has 4 aromatic carbocycles. The number of halogens is 2. The van der Waals surface area contributed by atoms with E-state index in [1.165, 1.54) is 61.1 Å². The van der Waals surface area contributed by atoms with E-state index >= 15 is 0 Å². The summed E-state index contributed by atoms with van der Waals surface area (Å²) in [4.78, 5) is 4.97. The fourth-order valence-corrected chi connectivity index (χ4v) is 8.37. The first kappa shape index (κ1) is 29.2. The molecule has 7 heteroatoms. The van der Waals surface area contributed by atoms with Crippen LogP contribution in [0.15, 0.2) is 114 Å². The number of nitrogens with zero attached hydrogens (tertiary/aromatic N) is 2. The van der Waals surface area contributed by atoms with E-state index in [0.717, 1.165) is 36.9 Å². The average molecular weight is 633 g/mol. The highest BCUT2D eigenvalue weighted by molar-refractivity contribution is 7.90. The molecule has 0 saturated carbocycles. The van der Waals surface area contributed by atoms with E-state index in [0.29, 0.717) is 22.9 Å². The molecule has 0 amide bonds. The number of rotatable bonds is 5. The summed E-state index contributed by atoms with van der Waals surface area (Å²) < 4.78 is 43.2. The lowest BCUT2D eigenvalue weighted by molar-refractivity contribution is 0.589. The number of benzene rings is 4. The van der Waals surface area contributed by atoms with E-state index in [4.69, 9.17) is 4.98 Å². The summed E-state index contributed by atoms with van der Waals surface area (Å²) in [6.07, 6.45) is 10.0. The van der Waals surface area contributed by atoms with Crippen molar-refractivity contribution in [1.29, 1.82) is 0 Å². The second kappa shape index (κ2) is 11.4. The Bertz CT molecular complexity index is 2240. The first-order valence-electron chi connectivity index (χ1n) is 15.0. The Kier molecular flexibility index (Phi) is 7.43. The van der Waals surface area contributed by atoms with E-state index in [1.807, 2.05) is 6.07 Å². The molecule has 8 rings (SSSR count). The first-order chi connectivity index (χ1) is 21.5. The third-order valence-electron chi connectivity index (χ3n) is 9.09. The molecule has 4 nitrogen and oxygen atoms in total. The molecular weight excluding hydrogens is 603 g/mol. The molecule has 6 aromatic rings. The second-order valence-electron chi connectivity index (χ2n) is 11.6. The topological polar surface area (TPSA) is 52.0 Å². The fraction of sp³-hybridized carbons (Fsp3) is 0.132. The fourth-order valence-electron chi connectivity index (χ4n) is 6.96. The van der Waals surface area contributed by atoms with Crippen molar-refractivity contribution in [3.63, 3.8) is 0 Å².